The van der Waals surface area contributed by atoms with E-state index in [1.807, 2.05) is 30.9 Å². The molecule has 0 bridgehead atoms. The van der Waals surface area contributed by atoms with Crippen molar-refractivity contribution in [3.63, 3.8) is 0 Å². The molecule has 5 nitrogen and oxygen atoms in total. The number of amides is 1. The van der Waals surface area contributed by atoms with Crippen molar-refractivity contribution in [1.29, 1.82) is 0 Å². The largest absolute Gasteiger partial charge is 0.327 e. The molecule has 3 rings (SSSR count). The first-order valence-corrected chi connectivity index (χ1v) is 9.99. The van der Waals surface area contributed by atoms with Crippen LogP contribution in [-0.2, 0) is 23.3 Å². The Kier molecular flexibility index (Phi) is 5.37. The minimum atomic E-state index is -0.511. The molecule has 0 spiro atoms. The van der Waals surface area contributed by atoms with Gasteiger partial charge >= 0.3 is 0 Å². The van der Waals surface area contributed by atoms with Crippen LogP contribution in [0, 0.1) is 0 Å². The Morgan fingerprint density at radius 1 is 1.30 bits per heavy atom. The maximum Gasteiger partial charge on any atom is 0.237 e. The number of aromatic nitrogens is 2. The molecule has 2 heterocycles. The van der Waals surface area contributed by atoms with Crippen molar-refractivity contribution in [2.45, 2.75) is 59.0 Å². The summed E-state index contributed by atoms with van der Waals surface area (Å²) in [6, 6.07) is 6.15. The minimum Gasteiger partial charge on any atom is -0.327 e. The second kappa shape index (κ2) is 7.28. The molecule has 0 unspecified atom stereocenters. The summed E-state index contributed by atoms with van der Waals surface area (Å²) < 4.78 is 2.28. The van der Waals surface area contributed by atoms with Crippen molar-refractivity contribution in [2.75, 3.05) is 13.1 Å². The molecule has 1 aromatic heterocycles. The van der Waals surface area contributed by atoms with Gasteiger partial charge in [0.15, 0.2) is 0 Å². The van der Waals surface area contributed by atoms with Crippen LogP contribution in [0.25, 0.3) is 11.3 Å². The van der Waals surface area contributed by atoms with Crippen LogP contribution in [-0.4, -0.2) is 33.4 Å². The molecular weight excluding hydrogens is 360 g/mol. The first-order chi connectivity index (χ1) is 12.7. The van der Waals surface area contributed by atoms with E-state index in [1.54, 1.807) is 0 Å². The lowest BCUT2D eigenvalue weighted by Gasteiger charge is -2.42. The number of halogens is 1. The number of nitrogens with zero attached hydrogens (tertiary/aromatic N) is 3. The van der Waals surface area contributed by atoms with Gasteiger partial charge in [0.05, 0.1) is 17.8 Å². The number of hydrogen-bond acceptors (Lipinski definition) is 3. The highest BCUT2D eigenvalue weighted by Gasteiger charge is 2.41. The first kappa shape index (κ1) is 19.9. The molecule has 0 saturated carbocycles. The SMILES string of the molecule is CCc1cc(Cl)cc(-c2nc3n(c2C(C)C)CCN(C(=O)CN)C3(C)C)c1. The number of rotatable bonds is 4. The Labute approximate surface area is 166 Å². The Balaban J connectivity index is 2.21. The van der Waals surface area contributed by atoms with E-state index >= 15 is 0 Å². The molecular formula is C21H29ClN4O. The van der Waals surface area contributed by atoms with Crippen LogP contribution in [0.15, 0.2) is 18.2 Å². The van der Waals surface area contributed by atoms with Crippen LogP contribution in [0.5, 0.6) is 0 Å². The van der Waals surface area contributed by atoms with E-state index in [-0.39, 0.29) is 12.5 Å². The van der Waals surface area contributed by atoms with Crippen molar-refractivity contribution in [1.82, 2.24) is 14.5 Å². The van der Waals surface area contributed by atoms with Gasteiger partial charge in [0, 0.05) is 29.4 Å². The van der Waals surface area contributed by atoms with Crippen LogP contribution in [0.4, 0.5) is 0 Å². The number of nitrogens with two attached hydrogens (primary N) is 1. The summed E-state index contributed by atoms with van der Waals surface area (Å²) in [5.74, 6) is 1.17. The fourth-order valence-corrected chi connectivity index (χ4v) is 4.35. The Morgan fingerprint density at radius 3 is 2.59 bits per heavy atom. The number of carbonyl (C=O) groups excluding carboxylic acids is 1. The predicted molar refractivity (Wildman–Crippen MR) is 110 cm³/mol. The van der Waals surface area contributed by atoms with Gasteiger partial charge in [-0.15, -0.1) is 0 Å². The standard InChI is InChI=1S/C21H29ClN4O/c1-6-14-9-15(11-16(22)10-14)18-19(13(2)3)25-7-8-26(17(27)12-23)21(4,5)20(25)24-18/h9-11,13H,6-8,12,23H2,1-5H3. The number of imidazole rings is 1. The summed E-state index contributed by atoms with van der Waals surface area (Å²) in [6.45, 7) is 12.0. The van der Waals surface area contributed by atoms with Gasteiger partial charge in [-0.25, -0.2) is 4.98 Å². The van der Waals surface area contributed by atoms with E-state index in [9.17, 15) is 4.79 Å². The zero-order valence-corrected chi connectivity index (χ0v) is 17.6. The molecule has 1 aliphatic heterocycles. The molecule has 27 heavy (non-hydrogen) atoms. The molecule has 0 atom stereocenters. The summed E-state index contributed by atoms with van der Waals surface area (Å²) in [7, 11) is 0. The molecule has 1 amide bonds. The Bertz CT molecular complexity index is 869. The molecule has 2 aromatic rings. The van der Waals surface area contributed by atoms with E-state index in [0.717, 1.165) is 35.1 Å². The zero-order valence-electron chi connectivity index (χ0n) is 16.8. The Hall–Kier alpha value is -1.85. The molecule has 0 radical (unpaired) electrons. The summed E-state index contributed by atoms with van der Waals surface area (Å²) in [5, 5.41) is 0.726. The second-order valence-electron chi connectivity index (χ2n) is 7.99. The first-order valence-electron chi connectivity index (χ1n) is 9.62. The number of hydrogen-bond donors (Lipinski definition) is 1. The van der Waals surface area contributed by atoms with E-state index in [2.05, 4.69) is 31.4 Å². The van der Waals surface area contributed by atoms with Crippen LogP contribution < -0.4 is 5.73 Å². The van der Waals surface area contributed by atoms with E-state index in [0.29, 0.717) is 12.5 Å². The van der Waals surface area contributed by atoms with Crippen LogP contribution in [0.2, 0.25) is 5.02 Å². The van der Waals surface area contributed by atoms with Gasteiger partial charge in [-0.1, -0.05) is 32.4 Å². The predicted octanol–water partition coefficient (Wildman–Crippen LogP) is 3.93. The lowest BCUT2D eigenvalue weighted by molar-refractivity contribution is -0.137. The maximum absolute atomic E-state index is 12.4. The normalized spacial score (nSPS) is 15.9. The fourth-order valence-electron chi connectivity index (χ4n) is 4.09. The highest BCUT2D eigenvalue weighted by molar-refractivity contribution is 6.31. The highest BCUT2D eigenvalue weighted by atomic mass is 35.5. The van der Waals surface area contributed by atoms with Gasteiger partial charge in [-0.2, -0.15) is 0 Å². The lowest BCUT2D eigenvalue weighted by atomic mass is 9.98. The van der Waals surface area contributed by atoms with Crippen molar-refractivity contribution in [3.8, 4) is 11.3 Å². The van der Waals surface area contributed by atoms with Crippen LogP contribution in [0.1, 0.15) is 57.6 Å². The maximum atomic E-state index is 12.4. The number of carbonyl (C=O) groups is 1. The van der Waals surface area contributed by atoms with Crippen LogP contribution in [0.3, 0.4) is 0 Å². The topological polar surface area (TPSA) is 64.2 Å². The molecule has 0 fully saturated rings. The average Bonchev–Trinajstić information content (AvgIpc) is 3.01. The van der Waals surface area contributed by atoms with E-state index in [1.165, 1.54) is 11.3 Å². The summed E-state index contributed by atoms with van der Waals surface area (Å²) in [6.07, 6.45) is 0.919. The average molecular weight is 389 g/mol. The van der Waals surface area contributed by atoms with Crippen molar-refractivity contribution in [3.05, 3.63) is 40.3 Å². The molecule has 1 aromatic carbocycles. The molecule has 0 aliphatic carbocycles. The molecule has 1 aliphatic rings. The summed E-state index contributed by atoms with van der Waals surface area (Å²) in [5.41, 5.74) is 9.52. The third-order valence-corrected chi connectivity index (χ3v) is 5.66. The molecule has 2 N–H and O–H groups in total. The highest BCUT2D eigenvalue weighted by Crippen LogP contribution is 2.39. The van der Waals surface area contributed by atoms with Gasteiger partial charge in [-0.05, 0) is 49.9 Å². The van der Waals surface area contributed by atoms with Gasteiger partial charge in [-0.3, -0.25) is 4.79 Å². The second-order valence-corrected chi connectivity index (χ2v) is 8.42. The molecule has 0 saturated heterocycles. The monoisotopic (exact) mass is 388 g/mol. The number of benzene rings is 1. The minimum absolute atomic E-state index is 0.0161. The fraction of sp³-hybridized carbons (Fsp3) is 0.524. The third kappa shape index (κ3) is 3.39. The van der Waals surface area contributed by atoms with Crippen molar-refractivity contribution in [2.24, 2.45) is 5.73 Å². The van der Waals surface area contributed by atoms with E-state index in [4.69, 9.17) is 22.3 Å². The lowest BCUT2D eigenvalue weighted by Crippen LogP contribution is -2.53. The number of fused-ring (bicyclic) bond motifs is 1. The number of aryl methyl sites for hydroxylation is 1. The van der Waals surface area contributed by atoms with Crippen LogP contribution >= 0.6 is 11.6 Å². The molecule has 6 heteroatoms. The van der Waals surface area contributed by atoms with Gasteiger partial charge in [0.1, 0.15) is 5.82 Å². The van der Waals surface area contributed by atoms with Crippen molar-refractivity contribution >= 4 is 17.5 Å². The molecule has 146 valence electrons. The summed E-state index contributed by atoms with van der Waals surface area (Å²) in [4.78, 5) is 19.3. The van der Waals surface area contributed by atoms with Gasteiger partial charge in [0.25, 0.3) is 0 Å². The summed E-state index contributed by atoms with van der Waals surface area (Å²) >= 11 is 6.38. The quantitative estimate of drug-likeness (QED) is 0.863. The smallest absolute Gasteiger partial charge is 0.237 e. The van der Waals surface area contributed by atoms with Gasteiger partial charge < -0.3 is 15.2 Å². The zero-order chi connectivity index (χ0) is 19.9. The Morgan fingerprint density at radius 2 is 2.00 bits per heavy atom. The van der Waals surface area contributed by atoms with Gasteiger partial charge in [0.2, 0.25) is 5.91 Å². The van der Waals surface area contributed by atoms with E-state index < -0.39 is 5.54 Å². The van der Waals surface area contributed by atoms with Crippen molar-refractivity contribution < 1.29 is 4.79 Å². The third-order valence-electron chi connectivity index (χ3n) is 5.44.